The van der Waals surface area contributed by atoms with E-state index in [0.29, 0.717) is 25.1 Å². The number of hydrogen-bond donors (Lipinski definition) is 1. The third-order valence-corrected chi connectivity index (χ3v) is 5.25. The molecule has 1 unspecified atom stereocenters. The Balaban J connectivity index is 1.73. The number of hydrogen-bond acceptors (Lipinski definition) is 3. The molecule has 0 spiro atoms. The summed E-state index contributed by atoms with van der Waals surface area (Å²) in [5.74, 6) is -0.307. The molecule has 30 heavy (non-hydrogen) atoms. The van der Waals surface area contributed by atoms with Crippen LogP contribution in [0.4, 0.5) is 5.69 Å². The molecule has 0 fully saturated rings. The van der Waals surface area contributed by atoms with Crippen LogP contribution in [0.2, 0.25) is 0 Å². The molecule has 0 bridgehead atoms. The predicted molar refractivity (Wildman–Crippen MR) is 117 cm³/mol. The summed E-state index contributed by atoms with van der Waals surface area (Å²) >= 11 is 0. The van der Waals surface area contributed by atoms with E-state index in [1.807, 2.05) is 56.3 Å². The fourth-order valence-electron chi connectivity index (χ4n) is 3.74. The molecule has 1 aliphatic rings. The number of fused-ring (bicyclic) bond motifs is 1. The molecule has 1 N–H and O–H groups in total. The highest BCUT2D eigenvalue weighted by atomic mass is 16.2. The fourth-order valence-corrected chi connectivity index (χ4v) is 3.74. The van der Waals surface area contributed by atoms with Crippen molar-refractivity contribution < 1.29 is 14.4 Å². The summed E-state index contributed by atoms with van der Waals surface area (Å²) in [6.07, 6.45) is 0.855. The number of benzene rings is 2. The molecule has 1 heterocycles. The van der Waals surface area contributed by atoms with E-state index in [2.05, 4.69) is 5.32 Å². The second-order valence-corrected chi connectivity index (χ2v) is 8.22. The Bertz CT molecular complexity index is 911. The molecule has 3 amide bonds. The Hall–Kier alpha value is -3.15. The summed E-state index contributed by atoms with van der Waals surface area (Å²) in [5.41, 5.74) is 2.83. The molecule has 6 heteroatoms. The number of para-hydroxylation sites is 1. The van der Waals surface area contributed by atoms with Crippen LogP contribution < -0.4 is 5.32 Å². The van der Waals surface area contributed by atoms with Gasteiger partial charge in [-0.25, -0.2) is 0 Å². The summed E-state index contributed by atoms with van der Waals surface area (Å²) in [6.45, 7) is 4.33. The Labute approximate surface area is 177 Å². The number of nitrogens with one attached hydrogen (secondary N) is 1. The van der Waals surface area contributed by atoms with Gasteiger partial charge in [0.2, 0.25) is 17.7 Å². The van der Waals surface area contributed by atoms with E-state index in [-0.39, 0.29) is 30.2 Å². The lowest BCUT2D eigenvalue weighted by Crippen LogP contribution is -2.54. The molecule has 0 aliphatic carbocycles. The first-order valence-electron chi connectivity index (χ1n) is 10.3. The van der Waals surface area contributed by atoms with Crippen LogP contribution in [-0.4, -0.2) is 47.2 Å². The van der Waals surface area contributed by atoms with Crippen molar-refractivity contribution in [2.24, 2.45) is 5.92 Å². The lowest BCUT2D eigenvalue weighted by atomic mass is 9.92. The highest BCUT2D eigenvalue weighted by Gasteiger charge is 2.36. The van der Waals surface area contributed by atoms with E-state index in [0.717, 1.165) is 11.1 Å². The maximum atomic E-state index is 13.2. The van der Waals surface area contributed by atoms with Crippen LogP contribution in [0.15, 0.2) is 54.6 Å². The molecule has 158 valence electrons. The van der Waals surface area contributed by atoms with Crippen molar-refractivity contribution in [2.45, 2.75) is 39.3 Å². The maximum absolute atomic E-state index is 13.2. The van der Waals surface area contributed by atoms with Gasteiger partial charge in [0.1, 0.15) is 6.04 Å². The zero-order valence-electron chi connectivity index (χ0n) is 17.8. The fraction of sp³-hybridized carbons (Fsp3) is 0.375. The van der Waals surface area contributed by atoms with E-state index >= 15 is 0 Å². The number of likely N-dealkylation sites (N-methyl/N-ethyl adjacent to an activating group) is 1. The third-order valence-electron chi connectivity index (χ3n) is 5.25. The summed E-state index contributed by atoms with van der Waals surface area (Å²) in [4.78, 5) is 41.6. The molecule has 0 radical (unpaired) electrons. The smallest absolute Gasteiger partial charge is 0.245 e. The van der Waals surface area contributed by atoms with Gasteiger partial charge in [-0.05, 0) is 29.2 Å². The largest absolute Gasteiger partial charge is 0.335 e. The standard InChI is InChI=1S/C24H29N3O3/c1-17(2)13-23(29)27-15-19-10-8-7-9-18(19)14-21(27)24(30)26(3)16-22(28)25-20-11-5-4-6-12-20/h4-12,17,21H,13-16H2,1-3H3,(H,25,28). The average molecular weight is 408 g/mol. The number of rotatable bonds is 6. The molecule has 2 aromatic carbocycles. The molecule has 1 aliphatic heterocycles. The lowest BCUT2D eigenvalue weighted by molar-refractivity contribution is -0.147. The first-order chi connectivity index (χ1) is 14.3. The zero-order chi connectivity index (χ0) is 21.7. The molecular weight excluding hydrogens is 378 g/mol. The first-order valence-corrected chi connectivity index (χ1v) is 10.3. The van der Waals surface area contributed by atoms with E-state index in [1.165, 1.54) is 4.90 Å². The SMILES string of the molecule is CC(C)CC(=O)N1Cc2ccccc2CC1C(=O)N(C)CC(=O)Nc1ccccc1. The highest BCUT2D eigenvalue weighted by Crippen LogP contribution is 2.25. The first kappa shape index (κ1) is 21.6. The van der Waals surface area contributed by atoms with Crippen molar-refractivity contribution >= 4 is 23.4 Å². The Kier molecular flexibility index (Phi) is 6.87. The highest BCUT2D eigenvalue weighted by molar-refractivity contribution is 5.96. The zero-order valence-corrected chi connectivity index (χ0v) is 17.8. The van der Waals surface area contributed by atoms with E-state index in [1.54, 1.807) is 24.1 Å². The van der Waals surface area contributed by atoms with E-state index < -0.39 is 6.04 Å². The predicted octanol–water partition coefficient (Wildman–Crippen LogP) is 3.08. The van der Waals surface area contributed by atoms with Crippen molar-refractivity contribution in [3.63, 3.8) is 0 Å². The minimum Gasteiger partial charge on any atom is -0.335 e. The molecule has 3 rings (SSSR count). The number of anilines is 1. The Morgan fingerprint density at radius 3 is 2.33 bits per heavy atom. The Morgan fingerprint density at radius 2 is 1.67 bits per heavy atom. The van der Waals surface area contributed by atoms with Crippen molar-refractivity contribution in [3.05, 3.63) is 65.7 Å². The van der Waals surface area contributed by atoms with Gasteiger partial charge in [-0.1, -0.05) is 56.3 Å². The van der Waals surface area contributed by atoms with Crippen LogP contribution in [0.3, 0.4) is 0 Å². The van der Waals surface area contributed by atoms with Gasteiger partial charge in [-0.15, -0.1) is 0 Å². The number of nitrogens with zero attached hydrogens (tertiary/aromatic N) is 2. The minimum absolute atomic E-state index is 0.0278. The quantitative estimate of drug-likeness (QED) is 0.800. The van der Waals surface area contributed by atoms with Crippen molar-refractivity contribution in [3.8, 4) is 0 Å². The molecule has 2 aromatic rings. The Morgan fingerprint density at radius 1 is 1.03 bits per heavy atom. The van der Waals surface area contributed by atoms with Crippen LogP contribution >= 0.6 is 0 Å². The van der Waals surface area contributed by atoms with Crippen LogP contribution in [0.25, 0.3) is 0 Å². The van der Waals surface area contributed by atoms with Gasteiger partial charge < -0.3 is 15.1 Å². The van der Waals surface area contributed by atoms with Gasteiger partial charge in [-0.3, -0.25) is 14.4 Å². The molecular formula is C24H29N3O3. The van der Waals surface area contributed by atoms with Crippen LogP contribution in [0.1, 0.15) is 31.4 Å². The van der Waals surface area contributed by atoms with Gasteiger partial charge in [0.15, 0.2) is 0 Å². The lowest BCUT2D eigenvalue weighted by Gasteiger charge is -2.38. The molecule has 6 nitrogen and oxygen atoms in total. The number of carbonyl (C=O) groups is 3. The summed E-state index contributed by atoms with van der Waals surface area (Å²) < 4.78 is 0. The van der Waals surface area contributed by atoms with E-state index in [4.69, 9.17) is 0 Å². The number of amides is 3. The average Bonchev–Trinajstić information content (AvgIpc) is 2.72. The van der Waals surface area contributed by atoms with Crippen molar-refractivity contribution in [1.29, 1.82) is 0 Å². The summed E-state index contributed by atoms with van der Waals surface area (Å²) in [5, 5.41) is 2.79. The maximum Gasteiger partial charge on any atom is 0.245 e. The summed E-state index contributed by atoms with van der Waals surface area (Å²) in [7, 11) is 1.61. The van der Waals surface area contributed by atoms with Crippen molar-refractivity contribution in [2.75, 3.05) is 18.9 Å². The molecule has 0 saturated heterocycles. The summed E-state index contributed by atoms with van der Waals surface area (Å²) in [6, 6.07) is 16.4. The topological polar surface area (TPSA) is 69.7 Å². The van der Waals surface area contributed by atoms with Gasteiger partial charge in [-0.2, -0.15) is 0 Å². The van der Waals surface area contributed by atoms with Gasteiger partial charge >= 0.3 is 0 Å². The molecule has 0 saturated carbocycles. The number of carbonyl (C=O) groups excluding carboxylic acids is 3. The normalized spacial score (nSPS) is 15.5. The van der Waals surface area contributed by atoms with Gasteiger partial charge in [0.25, 0.3) is 0 Å². The van der Waals surface area contributed by atoms with Gasteiger partial charge in [0.05, 0.1) is 6.54 Å². The molecule has 0 aromatic heterocycles. The van der Waals surface area contributed by atoms with Crippen LogP contribution in [0.5, 0.6) is 0 Å². The van der Waals surface area contributed by atoms with Gasteiger partial charge in [0, 0.05) is 32.1 Å². The monoisotopic (exact) mass is 407 g/mol. The molecule has 1 atom stereocenters. The second-order valence-electron chi connectivity index (χ2n) is 8.22. The van der Waals surface area contributed by atoms with Crippen LogP contribution in [-0.2, 0) is 27.3 Å². The van der Waals surface area contributed by atoms with E-state index in [9.17, 15) is 14.4 Å². The van der Waals surface area contributed by atoms with Crippen molar-refractivity contribution in [1.82, 2.24) is 9.80 Å². The second kappa shape index (κ2) is 9.57. The van der Waals surface area contributed by atoms with Crippen LogP contribution in [0, 0.1) is 5.92 Å². The third kappa shape index (κ3) is 5.26. The minimum atomic E-state index is -0.597.